The number of nitrogens with one attached hydrogen (secondary N) is 1. The highest BCUT2D eigenvalue weighted by Gasteiger charge is 2.36. The number of fused-ring (bicyclic) bond motifs is 1. The summed E-state index contributed by atoms with van der Waals surface area (Å²) in [6, 6.07) is 19.0. The van der Waals surface area contributed by atoms with Gasteiger partial charge in [0.05, 0.1) is 12.6 Å². The lowest BCUT2D eigenvalue weighted by atomic mass is 9.94. The first kappa shape index (κ1) is 25.4. The molecule has 1 fully saturated rings. The van der Waals surface area contributed by atoms with E-state index >= 15 is 4.39 Å². The summed E-state index contributed by atoms with van der Waals surface area (Å²) < 4.78 is 22.0. The van der Waals surface area contributed by atoms with Crippen molar-refractivity contribution < 1.29 is 18.7 Å². The smallest absolute Gasteiger partial charge is 0.249 e. The van der Waals surface area contributed by atoms with Gasteiger partial charge in [0.1, 0.15) is 29.7 Å². The molecule has 38 heavy (non-hydrogen) atoms. The minimum absolute atomic E-state index is 0.0161. The monoisotopic (exact) mass is 515 g/mol. The van der Waals surface area contributed by atoms with E-state index < -0.39 is 23.7 Å². The zero-order chi connectivity index (χ0) is 26.5. The summed E-state index contributed by atoms with van der Waals surface area (Å²) >= 11 is 0. The van der Waals surface area contributed by atoms with Gasteiger partial charge in [-0.3, -0.25) is 14.5 Å². The number of carbonyl (C=O) groups excluding carboxylic acids is 2. The summed E-state index contributed by atoms with van der Waals surface area (Å²) in [5, 5.41) is 11.4. The molecule has 0 unspecified atom stereocenters. The van der Waals surface area contributed by atoms with Gasteiger partial charge in [-0.15, -0.1) is 5.10 Å². The second-order valence-electron chi connectivity index (χ2n) is 9.47. The molecule has 0 saturated heterocycles. The average Bonchev–Trinajstić information content (AvgIpc) is 3.35. The first-order valence-electron chi connectivity index (χ1n) is 12.8. The molecule has 2 amide bonds. The van der Waals surface area contributed by atoms with Gasteiger partial charge >= 0.3 is 0 Å². The number of amides is 2. The van der Waals surface area contributed by atoms with Crippen LogP contribution in [0.4, 0.5) is 10.1 Å². The predicted octanol–water partition coefficient (Wildman–Crippen LogP) is 4.80. The number of ether oxygens (including phenoxy) is 1. The van der Waals surface area contributed by atoms with E-state index in [0.717, 1.165) is 32.1 Å². The van der Waals surface area contributed by atoms with Crippen LogP contribution in [-0.2, 0) is 16.1 Å². The lowest BCUT2D eigenvalue weighted by molar-refractivity contribution is -0.127. The van der Waals surface area contributed by atoms with E-state index in [9.17, 15) is 9.59 Å². The van der Waals surface area contributed by atoms with Crippen LogP contribution in [0.5, 0.6) is 5.75 Å². The molecule has 1 aliphatic carbocycles. The Morgan fingerprint density at radius 2 is 1.74 bits per heavy atom. The van der Waals surface area contributed by atoms with E-state index in [1.54, 1.807) is 49.6 Å². The third-order valence-corrected chi connectivity index (χ3v) is 6.98. The number of rotatable bonds is 8. The van der Waals surface area contributed by atoms with E-state index in [-0.39, 0.29) is 18.2 Å². The molecule has 4 aromatic rings. The molecule has 9 heteroatoms. The first-order chi connectivity index (χ1) is 18.5. The quantitative estimate of drug-likeness (QED) is 0.364. The summed E-state index contributed by atoms with van der Waals surface area (Å²) in [7, 11) is 1.55. The summed E-state index contributed by atoms with van der Waals surface area (Å²) in [6.07, 6.45) is 4.89. The second kappa shape index (κ2) is 11.4. The molecule has 0 aliphatic heterocycles. The van der Waals surface area contributed by atoms with Crippen LogP contribution < -0.4 is 15.0 Å². The molecule has 0 radical (unpaired) electrons. The van der Waals surface area contributed by atoms with Gasteiger partial charge in [0.15, 0.2) is 0 Å². The Labute approximate surface area is 220 Å². The Bertz CT molecular complexity index is 1420. The van der Waals surface area contributed by atoms with E-state index in [0.29, 0.717) is 22.5 Å². The standard InChI is InChI=1S/C29H30FN5O3/c1-38-22-17-15-21(16-18-22)35(27(36)19-34-26-14-8-7-13-25(26)32-33-34)28(23-11-5-6-12-24(23)30)29(37)31-20-9-3-2-4-10-20/h5-8,11-18,20,28H,2-4,9-10,19H2,1H3,(H,31,37)/t28-/m1/s1. The second-order valence-corrected chi connectivity index (χ2v) is 9.47. The van der Waals surface area contributed by atoms with Crippen LogP contribution in [0.2, 0.25) is 0 Å². The number of nitrogens with zero attached hydrogens (tertiary/aromatic N) is 4. The molecule has 0 spiro atoms. The maximum atomic E-state index is 15.3. The number of para-hydroxylation sites is 1. The van der Waals surface area contributed by atoms with Crippen molar-refractivity contribution in [2.75, 3.05) is 12.0 Å². The zero-order valence-electron chi connectivity index (χ0n) is 21.2. The fourth-order valence-electron chi connectivity index (χ4n) is 5.04. The minimum Gasteiger partial charge on any atom is -0.497 e. The molecule has 1 heterocycles. The topological polar surface area (TPSA) is 89.3 Å². The fourth-order valence-corrected chi connectivity index (χ4v) is 5.04. The van der Waals surface area contributed by atoms with Gasteiger partial charge in [0, 0.05) is 17.3 Å². The van der Waals surface area contributed by atoms with Crippen molar-refractivity contribution in [3.63, 3.8) is 0 Å². The van der Waals surface area contributed by atoms with Crippen LogP contribution in [0.15, 0.2) is 72.8 Å². The molecule has 1 aromatic heterocycles. The van der Waals surface area contributed by atoms with Gasteiger partial charge in [-0.2, -0.15) is 0 Å². The summed E-state index contributed by atoms with van der Waals surface area (Å²) in [5.41, 5.74) is 1.89. The molecular formula is C29H30FN5O3. The van der Waals surface area contributed by atoms with Crippen LogP contribution in [0.25, 0.3) is 11.0 Å². The highest BCUT2D eigenvalue weighted by atomic mass is 19.1. The largest absolute Gasteiger partial charge is 0.497 e. The van der Waals surface area contributed by atoms with Crippen molar-refractivity contribution >= 4 is 28.5 Å². The molecule has 1 aliphatic rings. The highest BCUT2D eigenvalue weighted by molar-refractivity contribution is 6.01. The third-order valence-electron chi connectivity index (χ3n) is 6.98. The SMILES string of the molecule is COc1ccc(N(C(=O)Cn2nnc3ccccc32)[C@@H](C(=O)NC2CCCCC2)c2ccccc2F)cc1. The molecule has 1 atom stereocenters. The molecule has 1 N–H and O–H groups in total. The number of halogens is 1. The molecule has 3 aromatic carbocycles. The zero-order valence-corrected chi connectivity index (χ0v) is 21.2. The maximum absolute atomic E-state index is 15.3. The Balaban J connectivity index is 1.57. The van der Waals surface area contributed by atoms with Crippen LogP contribution in [0.1, 0.15) is 43.7 Å². The minimum atomic E-state index is -1.23. The van der Waals surface area contributed by atoms with Gasteiger partial charge < -0.3 is 10.1 Å². The Kier molecular flexibility index (Phi) is 7.62. The maximum Gasteiger partial charge on any atom is 0.249 e. The molecule has 8 nitrogen and oxygen atoms in total. The number of anilines is 1. The Morgan fingerprint density at radius 1 is 1.03 bits per heavy atom. The van der Waals surface area contributed by atoms with Crippen molar-refractivity contribution in [3.8, 4) is 5.75 Å². The van der Waals surface area contributed by atoms with Crippen LogP contribution in [-0.4, -0.2) is 40.0 Å². The average molecular weight is 516 g/mol. The molecule has 5 rings (SSSR count). The van der Waals surface area contributed by atoms with Crippen LogP contribution in [0.3, 0.4) is 0 Å². The summed E-state index contributed by atoms with van der Waals surface area (Å²) in [4.78, 5) is 29.3. The summed E-state index contributed by atoms with van der Waals surface area (Å²) in [5.74, 6) is -0.821. The van der Waals surface area contributed by atoms with Crippen molar-refractivity contribution in [2.24, 2.45) is 0 Å². The van der Waals surface area contributed by atoms with Crippen molar-refractivity contribution in [2.45, 2.75) is 50.7 Å². The Morgan fingerprint density at radius 3 is 2.47 bits per heavy atom. The molecular weight excluding hydrogens is 485 g/mol. The van der Waals surface area contributed by atoms with Gasteiger partial charge in [-0.05, 0) is 55.3 Å². The third kappa shape index (κ3) is 5.37. The van der Waals surface area contributed by atoms with Crippen LogP contribution in [0, 0.1) is 5.82 Å². The molecule has 1 saturated carbocycles. The normalized spacial score (nSPS) is 14.7. The van der Waals surface area contributed by atoms with E-state index in [2.05, 4.69) is 15.6 Å². The lowest BCUT2D eigenvalue weighted by Gasteiger charge is -2.33. The van der Waals surface area contributed by atoms with Crippen molar-refractivity contribution in [1.29, 1.82) is 0 Å². The molecule has 196 valence electrons. The van der Waals surface area contributed by atoms with E-state index in [1.807, 2.05) is 24.3 Å². The van der Waals surface area contributed by atoms with Crippen molar-refractivity contribution in [1.82, 2.24) is 20.3 Å². The van der Waals surface area contributed by atoms with E-state index in [1.165, 1.54) is 15.6 Å². The number of methoxy groups -OCH3 is 1. The highest BCUT2D eigenvalue weighted by Crippen LogP contribution is 2.32. The number of aromatic nitrogens is 3. The van der Waals surface area contributed by atoms with Crippen LogP contribution >= 0.6 is 0 Å². The van der Waals surface area contributed by atoms with Gasteiger partial charge in [-0.25, -0.2) is 9.07 Å². The number of carbonyl (C=O) groups is 2. The van der Waals surface area contributed by atoms with Crippen molar-refractivity contribution in [3.05, 3.63) is 84.2 Å². The fraction of sp³-hybridized carbons (Fsp3) is 0.310. The first-order valence-corrected chi connectivity index (χ1v) is 12.8. The number of hydrogen-bond donors (Lipinski definition) is 1. The van der Waals surface area contributed by atoms with E-state index in [4.69, 9.17) is 4.74 Å². The van der Waals surface area contributed by atoms with Gasteiger partial charge in [0.2, 0.25) is 11.8 Å². The molecule has 0 bridgehead atoms. The van der Waals surface area contributed by atoms with Gasteiger partial charge in [0.25, 0.3) is 0 Å². The number of hydrogen-bond acceptors (Lipinski definition) is 5. The number of benzene rings is 3. The van der Waals surface area contributed by atoms with Gasteiger partial charge in [-0.1, -0.05) is 54.8 Å². The summed E-state index contributed by atoms with van der Waals surface area (Å²) in [6.45, 7) is -0.186. The predicted molar refractivity (Wildman–Crippen MR) is 142 cm³/mol. The lowest BCUT2D eigenvalue weighted by Crippen LogP contribution is -2.48. The Hall–Kier alpha value is -4.27.